The maximum Gasteiger partial charge on any atom is 0.255 e. The first kappa shape index (κ1) is 18.0. The molecule has 0 aliphatic heterocycles. The SMILES string of the molecule is CCCNc1ncc(Br)cc1C(=O)NC(C)C(CC)CC. The quantitative estimate of drug-likeness (QED) is 0.733. The summed E-state index contributed by atoms with van der Waals surface area (Å²) in [6.07, 6.45) is 4.83. The molecule has 21 heavy (non-hydrogen) atoms. The summed E-state index contributed by atoms with van der Waals surface area (Å²) in [5, 5.41) is 6.31. The van der Waals surface area contributed by atoms with Crippen LogP contribution in [0.4, 0.5) is 5.82 Å². The third kappa shape index (κ3) is 5.30. The van der Waals surface area contributed by atoms with E-state index < -0.39 is 0 Å². The van der Waals surface area contributed by atoms with Crippen molar-refractivity contribution in [3.05, 3.63) is 22.3 Å². The predicted molar refractivity (Wildman–Crippen MR) is 91.7 cm³/mol. The van der Waals surface area contributed by atoms with Crippen LogP contribution in [0.25, 0.3) is 0 Å². The van der Waals surface area contributed by atoms with Gasteiger partial charge >= 0.3 is 0 Å². The van der Waals surface area contributed by atoms with Crippen molar-refractivity contribution in [2.45, 2.75) is 53.0 Å². The molecule has 0 spiro atoms. The van der Waals surface area contributed by atoms with Gasteiger partial charge in [0.2, 0.25) is 0 Å². The largest absolute Gasteiger partial charge is 0.369 e. The van der Waals surface area contributed by atoms with Crippen LogP contribution in [0, 0.1) is 5.92 Å². The number of aromatic nitrogens is 1. The highest BCUT2D eigenvalue weighted by Gasteiger charge is 2.19. The number of anilines is 1. The highest BCUT2D eigenvalue weighted by atomic mass is 79.9. The van der Waals surface area contributed by atoms with Crippen LogP contribution >= 0.6 is 15.9 Å². The maximum atomic E-state index is 12.5. The first-order chi connectivity index (χ1) is 10.0. The van der Waals surface area contributed by atoms with E-state index in [1.807, 2.05) is 6.07 Å². The van der Waals surface area contributed by atoms with E-state index in [9.17, 15) is 4.79 Å². The molecule has 1 atom stereocenters. The van der Waals surface area contributed by atoms with Gasteiger partial charge in [0.15, 0.2) is 0 Å². The summed E-state index contributed by atoms with van der Waals surface area (Å²) in [5.41, 5.74) is 0.593. The van der Waals surface area contributed by atoms with Gasteiger partial charge in [0, 0.05) is 23.3 Å². The van der Waals surface area contributed by atoms with Crippen LogP contribution in [-0.2, 0) is 0 Å². The molecule has 0 fully saturated rings. The Hall–Kier alpha value is -1.10. The summed E-state index contributed by atoms with van der Waals surface area (Å²) in [6.45, 7) is 9.27. The number of nitrogens with one attached hydrogen (secondary N) is 2. The van der Waals surface area contributed by atoms with E-state index in [0.29, 0.717) is 17.3 Å². The normalized spacial score (nSPS) is 12.3. The van der Waals surface area contributed by atoms with Crippen molar-refractivity contribution in [2.24, 2.45) is 5.92 Å². The number of hydrogen-bond acceptors (Lipinski definition) is 3. The number of pyridine rings is 1. The van der Waals surface area contributed by atoms with Crippen molar-refractivity contribution < 1.29 is 4.79 Å². The van der Waals surface area contributed by atoms with Crippen molar-refractivity contribution >= 4 is 27.7 Å². The van der Waals surface area contributed by atoms with Crippen molar-refractivity contribution in [1.29, 1.82) is 0 Å². The Labute approximate surface area is 136 Å². The Bertz CT molecular complexity index is 461. The van der Waals surface area contributed by atoms with Crippen molar-refractivity contribution in [2.75, 3.05) is 11.9 Å². The summed E-state index contributed by atoms with van der Waals surface area (Å²) < 4.78 is 0.810. The topological polar surface area (TPSA) is 54.0 Å². The summed E-state index contributed by atoms with van der Waals surface area (Å²) >= 11 is 3.39. The van der Waals surface area contributed by atoms with Gasteiger partial charge in [0.05, 0.1) is 5.56 Å². The molecule has 0 aromatic carbocycles. The molecule has 5 heteroatoms. The van der Waals surface area contributed by atoms with Gasteiger partial charge in [-0.05, 0) is 41.3 Å². The molecule has 1 aromatic rings. The zero-order valence-electron chi connectivity index (χ0n) is 13.4. The fourth-order valence-electron chi connectivity index (χ4n) is 2.39. The predicted octanol–water partition coefficient (Wildman–Crippen LogP) is 4.22. The van der Waals surface area contributed by atoms with Gasteiger partial charge in [-0.3, -0.25) is 4.79 Å². The van der Waals surface area contributed by atoms with Crippen LogP contribution in [0.2, 0.25) is 0 Å². The Kier molecular flexibility index (Phi) is 7.72. The molecule has 1 amide bonds. The summed E-state index contributed by atoms with van der Waals surface area (Å²) in [7, 11) is 0. The number of hydrogen-bond donors (Lipinski definition) is 2. The highest BCUT2D eigenvalue weighted by molar-refractivity contribution is 9.10. The number of nitrogens with zero attached hydrogens (tertiary/aromatic N) is 1. The van der Waals surface area contributed by atoms with Gasteiger partial charge in [0.25, 0.3) is 5.91 Å². The Morgan fingerprint density at radius 3 is 2.57 bits per heavy atom. The molecular formula is C16H26BrN3O. The molecule has 1 rings (SSSR count). The minimum atomic E-state index is -0.0678. The molecule has 1 unspecified atom stereocenters. The standard InChI is InChI=1S/C16H26BrN3O/c1-5-8-18-15-14(9-13(17)10-19-15)16(21)20-11(4)12(6-2)7-3/h9-12H,5-8H2,1-4H3,(H,18,19)(H,20,21). The van der Waals surface area contributed by atoms with Gasteiger partial charge < -0.3 is 10.6 Å². The van der Waals surface area contributed by atoms with E-state index in [2.05, 4.69) is 59.2 Å². The van der Waals surface area contributed by atoms with E-state index >= 15 is 0 Å². The molecule has 1 heterocycles. The van der Waals surface area contributed by atoms with E-state index in [4.69, 9.17) is 0 Å². The van der Waals surface area contributed by atoms with Crippen molar-refractivity contribution in [1.82, 2.24) is 10.3 Å². The number of carbonyl (C=O) groups excluding carboxylic acids is 1. The molecule has 0 saturated heterocycles. The second-order valence-electron chi connectivity index (χ2n) is 5.32. The van der Waals surface area contributed by atoms with E-state index in [0.717, 1.165) is 30.3 Å². The van der Waals surface area contributed by atoms with Gasteiger partial charge in [-0.2, -0.15) is 0 Å². The maximum absolute atomic E-state index is 12.5. The summed E-state index contributed by atoms with van der Waals surface area (Å²) in [4.78, 5) is 16.8. The van der Waals surface area contributed by atoms with Crippen LogP contribution in [-0.4, -0.2) is 23.5 Å². The van der Waals surface area contributed by atoms with Crippen molar-refractivity contribution in [3.8, 4) is 0 Å². The van der Waals surface area contributed by atoms with E-state index in [1.165, 1.54) is 0 Å². The molecule has 4 nitrogen and oxygen atoms in total. The average molecular weight is 356 g/mol. The minimum absolute atomic E-state index is 0.0678. The first-order valence-corrected chi connectivity index (χ1v) is 8.52. The first-order valence-electron chi connectivity index (χ1n) is 7.73. The van der Waals surface area contributed by atoms with Crippen LogP contribution in [0.3, 0.4) is 0 Å². The van der Waals surface area contributed by atoms with Gasteiger partial charge in [0.1, 0.15) is 5.82 Å². The Morgan fingerprint density at radius 1 is 1.33 bits per heavy atom. The fraction of sp³-hybridized carbons (Fsp3) is 0.625. The lowest BCUT2D eigenvalue weighted by molar-refractivity contribution is 0.0925. The molecule has 0 aliphatic rings. The van der Waals surface area contributed by atoms with Crippen LogP contribution in [0.15, 0.2) is 16.7 Å². The van der Waals surface area contributed by atoms with Crippen LogP contribution in [0.5, 0.6) is 0 Å². The molecule has 0 saturated carbocycles. The number of halogens is 1. The smallest absolute Gasteiger partial charge is 0.255 e. The number of carbonyl (C=O) groups is 1. The molecular weight excluding hydrogens is 330 g/mol. The molecule has 118 valence electrons. The van der Waals surface area contributed by atoms with Crippen LogP contribution in [0.1, 0.15) is 57.3 Å². The zero-order valence-corrected chi connectivity index (χ0v) is 15.0. The Balaban J connectivity index is 2.87. The van der Waals surface area contributed by atoms with Gasteiger partial charge in [-0.1, -0.05) is 33.6 Å². The molecule has 0 bridgehead atoms. The second-order valence-corrected chi connectivity index (χ2v) is 6.23. The second kappa shape index (κ2) is 9.03. The van der Waals surface area contributed by atoms with Crippen molar-refractivity contribution in [3.63, 3.8) is 0 Å². The highest BCUT2D eigenvalue weighted by Crippen LogP contribution is 2.19. The van der Waals surface area contributed by atoms with Crippen LogP contribution < -0.4 is 10.6 Å². The summed E-state index contributed by atoms with van der Waals surface area (Å²) in [5.74, 6) is 1.08. The van der Waals surface area contributed by atoms with E-state index in [-0.39, 0.29) is 11.9 Å². The minimum Gasteiger partial charge on any atom is -0.369 e. The lowest BCUT2D eigenvalue weighted by atomic mass is 9.95. The molecule has 0 radical (unpaired) electrons. The Morgan fingerprint density at radius 2 is 2.00 bits per heavy atom. The summed E-state index contributed by atoms with van der Waals surface area (Å²) in [6, 6.07) is 1.98. The molecule has 2 N–H and O–H groups in total. The van der Waals surface area contributed by atoms with E-state index in [1.54, 1.807) is 6.20 Å². The third-order valence-electron chi connectivity index (χ3n) is 3.76. The zero-order chi connectivity index (χ0) is 15.8. The molecule has 0 aliphatic carbocycles. The van der Waals surface area contributed by atoms with Gasteiger partial charge in [-0.25, -0.2) is 4.98 Å². The number of rotatable bonds is 8. The number of amides is 1. The monoisotopic (exact) mass is 355 g/mol. The average Bonchev–Trinajstić information content (AvgIpc) is 2.47. The third-order valence-corrected chi connectivity index (χ3v) is 4.19. The lowest BCUT2D eigenvalue weighted by Crippen LogP contribution is -2.38. The fourth-order valence-corrected chi connectivity index (χ4v) is 2.73. The lowest BCUT2D eigenvalue weighted by Gasteiger charge is -2.23. The molecule has 1 aromatic heterocycles. The van der Waals surface area contributed by atoms with Gasteiger partial charge in [-0.15, -0.1) is 0 Å².